The van der Waals surface area contributed by atoms with Crippen LogP contribution in [0.2, 0.25) is 0 Å². The van der Waals surface area contributed by atoms with Crippen molar-refractivity contribution in [2.24, 2.45) is 10.1 Å². The molecule has 0 aliphatic carbocycles. The van der Waals surface area contributed by atoms with E-state index in [4.69, 9.17) is 19.6 Å². The van der Waals surface area contributed by atoms with E-state index in [9.17, 15) is 4.79 Å². The molecule has 1 amide bonds. The number of carbonyl (C=O) groups is 1. The Morgan fingerprint density at radius 1 is 0.868 bits per heavy atom. The molecule has 1 N–H and O–H groups in total. The number of hydrogen-bond acceptors (Lipinski definition) is 7. The average molecular weight is 527 g/mol. The summed E-state index contributed by atoms with van der Waals surface area (Å²) in [5.41, 5.74) is 3.23. The van der Waals surface area contributed by atoms with E-state index in [-0.39, 0.29) is 18.0 Å². The lowest BCUT2D eigenvalue weighted by Gasteiger charge is -2.20. The van der Waals surface area contributed by atoms with Gasteiger partial charge in [0.1, 0.15) is 42.1 Å². The van der Waals surface area contributed by atoms with E-state index in [1.54, 1.807) is 6.08 Å². The van der Waals surface area contributed by atoms with Gasteiger partial charge in [-0.1, -0.05) is 36.4 Å². The Balaban J connectivity index is 1.17. The minimum absolute atomic E-state index is 0.0222. The smallest absolute Gasteiger partial charge is 0.283 e. The molecule has 9 heteroatoms. The molecule has 2 aliphatic rings. The zero-order valence-corrected chi connectivity index (χ0v) is 21.8. The zero-order valence-electron chi connectivity index (χ0n) is 21.0. The highest BCUT2D eigenvalue weighted by atomic mass is 32.2. The third-order valence-electron chi connectivity index (χ3n) is 5.61. The highest BCUT2D eigenvalue weighted by molar-refractivity contribution is 8.27. The number of hydrazone groups is 1. The van der Waals surface area contributed by atoms with Gasteiger partial charge in [-0.05, 0) is 84.8 Å². The second-order valence-electron chi connectivity index (χ2n) is 8.70. The number of nitrogens with one attached hydrogen (secondary N) is 1. The molecular formula is C29H26N4O4S. The van der Waals surface area contributed by atoms with E-state index in [1.807, 2.05) is 80.6 Å². The number of hydrogen-bond donors (Lipinski definition) is 1. The molecule has 5 rings (SSSR count). The molecule has 0 radical (unpaired) electrons. The van der Waals surface area contributed by atoms with Gasteiger partial charge in [-0.3, -0.25) is 10.2 Å². The zero-order chi connectivity index (χ0) is 26.5. The lowest BCUT2D eigenvalue weighted by molar-refractivity contribution is -0.114. The molecule has 2 aliphatic heterocycles. The van der Waals surface area contributed by atoms with Crippen molar-refractivity contribution in [3.63, 3.8) is 0 Å². The molecular weight excluding hydrogens is 500 g/mol. The minimum Gasteiger partial charge on any atom is -0.490 e. The molecule has 0 fully saturated rings. The quantitative estimate of drug-likeness (QED) is 0.294. The summed E-state index contributed by atoms with van der Waals surface area (Å²) in [6.45, 7) is 5.12. The van der Waals surface area contributed by atoms with Crippen molar-refractivity contribution in [1.29, 1.82) is 5.41 Å². The maximum absolute atomic E-state index is 12.7. The number of carbonyl (C=O) groups excluding carboxylic acids is 1. The molecule has 0 spiro atoms. The van der Waals surface area contributed by atoms with Gasteiger partial charge in [-0.2, -0.15) is 15.1 Å². The molecule has 0 unspecified atom stereocenters. The summed E-state index contributed by atoms with van der Waals surface area (Å²) >= 11 is 1.23. The lowest BCUT2D eigenvalue weighted by Crippen LogP contribution is -2.35. The first-order valence-corrected chi connectivity index (χ1v) is 12.9. The van der Waals surface area contributed by atoms with Crippen molar-refractivity contribution in [3.05, 3.63) is 95.1 Å². The van der Waals surface area contributed by atoms with Gasteiger partial charge in [0.05, 0.1) is 5.57 Å². The van der Waals surface area contributed by atoms with Crippen molar-refractivity contribution in [2.75, 3.05) is 19.8 Å². The Hall–Kier alpha value is -4.37. The van der Waals surface area contributed by atoms with Crippen LogP contribution in [-0.2, 0) is 4.79 Å². The number of ether oxygens (including phenoxy) is 3. The van der Waals surface area contributed by atoms with Gasteiger partial charge in [-0.25, -0.2) is 0 Å². The number of amides is 1. The number of aliphatic imine (C=N–C) groups is 1. The first-order chi connectivity index (χ1) is 18.4. The Morgan fingerprint density at radius 2 is 1.53 bits per heavy atom. The predicted molar refractivity (Wildman–Crippen MR) is 150 cm³/mol. The van der Waals surface area contributed by atoms with Crippen LogP contribution in [-0.4, -0.2) is 46.8 Å². The Kier molecular flexibility index (Phi) is 7.55. The number of nitrogens with zero attached hydrogens (tertiary/aromatic N) is 3. The number of benzene rings is 3. The fraction of sp³-hybridized carbons (Fsp3) is 0.172. The van der Waals surface area contributed by atoms with Crippen LogP contribution in [0.3, 0.4) is 0 Å². The van der Waals surface area contributed by atoms with Gasteiger partial charge in [0.2, 0.25) is 5.17 Å². The van der Waals surface area contributed by atoms with Crippen LogP contribution in [0, 0.1) is 19.3 Å². The van der Waals surface area contributed by atoms with Crippen LogP contribution in [0.5, 0.6) is 17.2 Å². The first-order valence-electron chi connectivity index (χ1n) is 12.1. The number of para-hydroxylation sites is 1. The van der Waals surface area contributed by atoms with Gasteiger partial charge in [-0.15, -0.1) is 0 Å². The molecule has 0 saturated heterocycles. The van der Waals surface area contributed by atoms with E-state index in [0.29, 0.717) is 29.2 Å². The summed E-state index contributed by atoms with van der Waals surface area (Å²) in [6, 6.07) is 22.8. The van der Waals surface area contributed by atoms with Crippen LogP contribution >= 0.6 is 11.8 Å². The van der Waals surface area contributed by atoms with Crippen LogP contribution in [0.1, 0.15) is 16.7 Å². The van der Waals surface area contributed by atoms with E-state index >= 15 is 0 Å². The van der Waals surface area contributed by atoms with E-state index in [0.717, 1.165) is 28.2 Å². The summed E-state index contributed by atoms with van der Waals surface area (Å²) in [6.07, 6.45) is 1.64. The molecule has 38 heavy (non-hydrogen) atoms. The van der Waals surface area contributed by atoms with Crippen LogP contribution in [0.25, 0.3) is 6.08 Å². The number of rotatable bonds is 9. The first kappa shape index (κ1) is 25.3. The number of fused-ring (bicyclic) bond motifs is 1. The molecule has 3 aromatic carbocycles. The monoisotopic (exact) mass is 526 g/mol. The second kappa shape index (κ2) is 11.4. The van der Waals surface area contributed by atoms with Crippen molar-refractivity contribution in [2.45, 2.75) is 13.8 Å². The van der Waals surface area contributed by atoms with Crippen molar-refractivity contribution in [3.8, 4) is 17.2 Å². The van der Waals surface area contributed by atoms with E-state index in [2.05, 4.69) is 16.2 Å². The van der Waals surface area contributed by atoms with E-state index < -0.39 is 5.91 Å². The molecule has 3 aromatic rings. The van der Waals surface area contributed by atoms with Gasteiger partial charge >= 0.3 is 0 Å². The topological polar surface area (TPSA) is 96.6 Å². The summed E-state index contributed by atoms with van der Waals surface area (Å²) in [7, 11) is 0. The fourth-order valence-corrected chi connectivity index (χ4v) is 4.71. The van der Waals surface area contributed by atoms with Gasteiger partial charge in [0.25, 0.3) is 5.91 Å². The van der Waals surface area contributed by atoms with E-state index in [1.165, 1.54) is 16.8 Å². The second-order valence-corrected chi connectivity index (χ2v) is 9.75. The van der Waals surface area contributed by atoms with Crippen LogP contribution < -0.4 is 14.2 Å². The normalized spacial score (nSPS) is 15.7. The molecule has 0 aromatic heterocycles. The third kappa shape index (κ3) is 6.12. The van der Waals surface area contributed by atoms with Crippen LogP contribution in [0.4, 0.5) is 0 Å². The molecule has 0 bridgehead atoms. The maximum atomic E-state index is 12.7. The maximum Gasteiger partial charge on any atom is 0.283 e. The molecule has 0 atom stereocenters. The Morgan fingerprint density at radius 3 is 2.24 bits per heavy atom. The van der Waals surface area contributed by atoms with Gasteiger partial charge < -0.3 is 14.2 Å². The lowest BCUT2D eigenvalue weighted by atomic mass is 10.1. The highest BCUT2D eigenvalue weighted by Crippen LogP contribution is 2.29. The molecule has 192 valence electrons. The number of thioether (sulfide) groups is 1. The summed E-state index contributed by atoms with van der Waals surface area (Å²) in [5.74, 6) is 1.74. The fourth-order valence-electron chi connectivity index (χ4n) is 3.91. The molecule has 0 saturated carbocycles. The van der Waals surface area contributed by atoms with Gasteiger partial charge in [0, 0.05) is 0 Å². The van der Waals surface area contributed by atoms with Gasteiger partial charge in [0.15, 0.2) is 5.84 Å². The standard InChI is InChI=1S/C29H26N4O4S/c1-19-14-20(2)16-24(15-19)36-13-12-35-23-10-8-21(9-11-23)17-25-27(30)33-29(31-28(25)34)38-26(32-33)18-37-22-6-4-3-5-7-22/h3-11,14-17,30H,12-13,18H2,1-2H3/b25-17-,30-27?. The summed E-state index contributed by atoms with van der Waals surface area (Å²) < 4.78 is 17.3. The molecule has 2 heterocycles. The third-order valence-corrected chi connectivity index (χ3v) is 6.49. The Bertz CT molecular complexity index is 1430. The summed E-state index contributed by atoms with van der Waals surface area (Å²) in [4.78, 5) is 16.8. The minimum atomic E-state index is -0.474. The highest BCUT2D eigenvalue weighted by Gasteiger charge is 2.35. The number of amidine groups is 2. The van der Waals surface area contributed by atoms with Crippen LogP contribution in [0.15, 0.2) is 88.5 Å². The largest absolute Gasteiger partial charge is 0.490 e. The molecule has 8 nitrogen and oxygen atoms in total. The Labute approximate surface area is 225 Å². The van der Waals surface area contributed by atoms with Crippen molar-refractivity contribution < 1.29 is 19.0 Å². The SMILES string of the molecule is Cc1cc(C)cc(OCCOc2ccc(/C=C3/C(=N)N4N=C(COc5ccccc5)SC4=NC3=O)cc2)c1. The number of aryl methyl sites for hydroxylation is 2. The predicted octanol–water partition coefficient (Wildman–Crippen LogP) is 5.46. The van der Waals surface area contributed by atoms with Crippen molar-refractivity contribution in [1.82, 2.24) is 5.01 Å². The average Bonchev–Trinajstić information content (AvgIpc) is 3.32. The van der Waals surface area contributed by atoms with Crippen molar-refractivity contribution >= 4 is 39.8 Å². The summed E-state index contributed by atoms with van der Waals surface area (Å²) in [5, 5.41) is 15.3.